The van der Waals surface area contributed by atoms with E-state index in [4.69, 9.17) is 9.97 Å². The number of nitrogens with zero attached hydrogens (tertiary/aromatic N) is 4. The maximum atomic E-state index is 5.30. The van der Waals surface area contributed by atoms with Crippen LogP contribution in [0.15, 0.2) is 200 Å². The molecule has 11 rings (SSSR count). The largest absolute Gasteiger partial charge is 0.315 e. The number of hydrogen-bond acceptors (Lipinski definition) is 3. The van der Waals surface area contributed by atoms with E-state index in [1.54, 1.807) is 0 Å². The van der Waals surface area contributed by atoms with Crippen LogP contribution < -0.4 is 4.90 Å². The zero-order chi connectivity index (χ0) is 37.9. The normalized spacial score (nSPS) is 15.8. The lowest BCUT2D eigenvalue weighted by atomic mass is 9.83. The lowest BCUT2D eigenvalue weighted by Crippen LogP contribution is -2.41. The van der Waals surface area contributed by atoms with Gasteiger partial charge in [-0.05, 0) is 77.6 Å². The third-order valence-corrected chi connectivity index (χ3v) is 11.8. The number of benzene rings is 7. The Balaban J connectivity index is 1.05. The number of para-hydroxylation sites is 1. The molecule has 0 amide bonds. The van der Waals surface area contributed by atoms with Crippen molar-refractivity contribution in [2.24, 2.45) is 0 Å². The van der Waals surface area contributed by atoms with Gasteiger partial charge in [-0.1, -0.05) is 158 Å². The Hall–Kier alpha value is -7.30. The second kappa shape index (κ2) is 13.2. The molecular weight excluding hydrogens is 693 g/mol. The average molecular weight is 731 g/mol. The summed E-state index contributed by atoms with van der Waals surface area (Å²) in [6, 6.07) is 65.1. The summed E-state index contributed by atoms with van der Waals surface area (Å²) in [5, 5.41) is 2.49. The van der Waals surface area contributed by atoms with Crippen LogP contribution in [0.1, 0.15) is 18.9 Å². The summed E-state index contributed by atoms with van der Waals surface area (Å²) in [5.74, 6) is 1.61. The lowest BCUT2D eigenvalue weighted by molar-refractivity contribution is 0.602. The fourth-order valence-corrected chi connectivity index (χ4v) is 9.00. The van der Waals surface area contributed by atoms with Crippen molar-refractivity contribution in [1.82, 2.24) is 14.5 Å². The molecule has 0 spiro atoms. The minimum Gasteiger partial charge on any atom is -0.315 e. The summed E-state index contributed by atoms with van der Waals surface area (Å²) in [6.07, 6.45) is 7.64. The second-order valence-corrected chi connectivity index (χ2v) is 15.2. The first-order chi connectivity index (χ1) is 28.1. The Morgan fingerprint density at radius 3 is 1.89 bits per heavy atom. The second-order valence-electron chi connectivity index (χ2n) is 15.2. The van der Waals surface area contributed by atoms with Crippen molar-refractivity contribution in [2.45, 2.75) is 18.9 Å². The fraction of sp³-hybridized carbons (Fsp3) is 0.0566. The lowest BCUT2D eigenvalue weighted by Gasteiger charge is -2.38. The number of hydrogen-bond donors (Lipinski definition) is 0. The van der Waals surface area contributed by atoms with Gasteiger partial charge in [0.1, 0.15) is 5.82 Å². The number of aromatic nitrogens is 3. The SMILES string of the molecule is CC12CC=CC=C1c1cc(-c3ccc4c5ccccc5n(-c5ccc(-c6ccccc6)cc5)c4c3)ccc1N2c1cc(-c2ccccc2)nc(-c2ccccc2)n1. The Morgan fingerprint density at radius 1 is 0.509 bits per heavy atom. The minimum absolute atomic E-state index is 0.325. The summed E-state index contributed by atoms with van der Waals surface area (Å²) in [7, 11) is 0. The first kappa shape index (κ1) is 33.1. The van der Waals surface area contributed by atoms with E-state index in [0.717, 1.165) is 46.3 Å². The average Bonchev–Trinajstić information content (AvgIpc) is 3.75. The van der Waals surface area contributed by atoms with Crippen molar-refractivity contribution < 1.29 is 0 Å². The highest BCUT2D eigenvalue weighted by Crippen LogP contribution is 2.54. The molecule has 4 nitrogen and oxygen atoms in total. The molecule has 0 fully saturated rings. The first-order valence-corrected chi connectivity index (χ1v) is 19.6. The maximum Gasteiger partial charge on any atom is 0.162 e. The van der Waals surface area contributed by atoms with Crippen molar-refractivity contribution in [2.75, 3.05) is 4.90 Å². The molecule has 2 aromatic heterocycles. The predicted molar refractivity (Wildman–Crippen MR) is 237 cm³/mol. The maximum absolute atomic E-state index is 5.30. The van der Waals surface area contributed by atoms with Crippen LogP contribution in [-0.2, 0) is 0 Å². The van der Waals surface area contributed by atoms with Crippen LogP contribution in [-0.4, -0.2) is 20.1 Å². The van der Waals surface area contributed by atoms with Crippen molar-refractivity contribution in [3.05, 3.63) is 206 Å². The fourth-order valence-electron chi connectivity index (χ4n) is 9.00. The van der Waals surface area contributed by atoms with E-state index in [0.29, 0.717) is 0 Å². The monoisotopic (exact) mass is 730 g/mol. The molecule has 0 saturated carbocycles. The molecule has 4 heteroatoms. The summed E-state index contributed by atoms with van der Waals surface area (Å²) in [6.45, 7) is 2.35. The van der Waals surface area contributed by atoms with Gasteiger partial charge in [-0.3, -0.25) is 0 Å². The van der Waals surface area contributed by atoms with E-state index in [1.807, 2.05) is 24.3 Å². The number of anilines is 2. The van der Waals surface area contributed by atoms with Gasteiger partial charge in [0, 0.05) is 39.2 Å². The minimum atomic E-state index is -0.325. The molecule has 0 radical (unpaired) electrons. The molecule has 3 heterocycles. The summed E-state index contributed by atoms with van der Waals surface area (Å²) in [4.78, 5) is 12.9. The molecule has 270 valence electrons. The zero-order valence-electron chi connectivity index (χ0n) is 31.5. The van der Waals surface area contributed by atoms with E-state index in [9.17, 15) is 0 Å². The highest BCUT2D eigenvalue weighted by molar-refractivity contribution is 6.10. The quantitative estimate of drug-likeness (QED) is 0.171. The summed E-state index contributed by atoms with van der Waals surface area (Å²) in [5.41, 5.74) is 14.7. The smallest absolute Gasteiger partial charge is 0.162 e. The van der Waals surface area contributed by atoms with Crippen LogP contribution in [0, 0.1) is 0 Å². The zero-order valence-corrected chi connectivity index (χ0v) is 31.5. The molecule has 1 aliphatic carbocycles. The van der Waals surface area contributed by atoms with E-state index >= 15 is 0 Å². The first-order valence-electron chi connectivity index (χ1n) is 19.6. The van der Waals surface area contributed by atoms with E-state index < -0.39 is 0 Å². The number of fused-ring (bicyclic) bond motifs is 6. The Morgan fingerprint density at radius 2 is 1.12 bits per heavy atom. The Kier molecular flexibility index (Phi) is 7.65. The molecule has 7 aromatic carbocycles. The highest BCUT2D eigenvalue weighted by atomic mass is 15.3. The van der Waals surface area contributed by atoms with Crippen LogP contribution in [0.3, 0.4) is 0 Å². The molecule has 0 bridgehead atoms. The van der Waals surface area contributed by atoms with Gasteiger partial charge in [0.15, 0.2) is 5.82 Å². The number of allylic oxidation sites excluding steroid dienone is 2. The van der Waals surface area contributed by atoms with E-state index in [2.05, 4.69) is 192 Å². The molecule has 9 aromatic rings. The third-order valence-electron chi connectivity index (χ3n) is 11.8. The van der Waals surface area contributed by atoms with Gasteiger partial charge in [0.2, 0.25) is 0 Å². The van der Waals surface area contributed by atoms with Gasteiger partial charge >= 0.3 is 0 Å². The van der Waals surface area contributed by atoms with Gasteiger partial charge in [0.05, 0.1) is 28.0 Å². The summed E-state index contributed by atoms with van der Waals surface area (Å²) >= 11 is 0. The third kappa shape index (κ3) is 5.44. The molecule has 2 aliphatic rings. The predicted octanol–water partition coefficient (Wildman–Crippen LogP) is 13.5. The summed E-state index contributed by atoms with van der Waals surface area (Å²) < 4.78 is 2.41. The van der Waals surface area contributed by atoms with Crippen molar-refractivity contribution in [1.29, 1.82) is 0 Å². The molecule has 1 aliphatic heterocycles. The van der Waals surface area contributed by atoms with Crippen LogP contribution in [0.25, 0.3) is 78.0 Å². The number of rotatable bonds is 6. The topological polar surface area (TPSA) is 34.0 Å². The van der Waals surface area contributed by atoms with Crippen molar-refractivity contribution >= 4 is 38.9 Å². The van der Waals surface area contributed by atoms with Gasteiger partial charge in [-0.15, -0.1) is 0 Å². The van der Waals surface area contributed by atoms with Gasteiger partial charge in [-0.25, -0.2) is 9.97 Å². The molecule has 0 N–H and O–H groups in total. The highest BCUT2D eigenvalue weighted by Gasteiger charge is 2.46. The van der Waals surface area contributed by atoms with Crippen molar-refractivity contribution in [3.8, 4) is 50.6 Å². The van der Waals surface area contributed by atoms with Gasteiger partial charge in [0.25, 0.3) is 0 Å². The van der Waals surface area contributed by atoms with Gasteiger partial charge < -0.3 is 9.47 Å². The Labute approximate surface area is 332 Å². The van der Waals surface area contributed by atoms with E-state index in [-0.39, 0.29) is 5.54 Å². The Bertz CT molecular complexity index is 2980. The molecular formula is C53H38N4. The van der Waals surface area contributed by atoms with Crippen LogP contribution in [0.4, 0.5) is 11.5 Å². The molecule has 1 unspecified atom stereocenters. The molecule has 57 heavy (non-hydrogen) atoms. The van der Waals surface area contributed by atoms with Gasteiger partial charge in [-0.2, -0.15) is 0 Å². The van der Waals surface area contributed by atoms with Crippen molar-refractivity contribution in [3.63, 3.8) is 0 Å². The van der Waals surface area contributed by atoms with Crippen LogP contribution >= 0.6 is 0 Å². The molecule has 1 atom stereocenters. The van der Waals surface area contributed by atoms with E-state index in [1.165, 1.54) is 55.2 Å². The standard InChI is InChI=1S/C53H38N4/c1-53-32-14-13-22-46(53)45-33-40(27-31-49(45)57(53)51-35-47(38-17-7-3-8-18-38)54-52(55-51)39-19-9-4-10-20-39)41-26-30-44-43-21-11-12-23-48(43)56(50(44)34-41)42-28-24-37(25-29-42)36-15-5-2-6-16-36/h2-31,33-35H,32H2,1H3. The van der Waals surface area contributed by atoms with Crippen LogP contribution in [0.2, 0.25) is 0 Å². The van der Waals surface area contributed by atoms with Crippen LogP contribution in [0.5, 0.6) is 0 Å². The molecule has 0 saturated heterocycles.